The van der Waals surface area contributed by atoms with Crippen LogP contribution in [0.1, 0.15) is 50.5 Å². The van der Waals surface area contributed by atoms with Gasteiger partial charge in [-0.1, -0.05) is 13.3 Å². The van der Waals surface area contributed by atoms with E-state index in [9.17, 15) is 9.18 Å². The highest BCUT2D eigenvalue weighted by Gasteiger charge is 2.27. The first-order valence-corrected chi connectivity index (χ1v) is 10.1. The standard InChI is InChI=1S/C21H31FN4O/c1-5-8-18(25-10-7-9-24(4)11-12-25)20-23-19-16(21(27)26(20)6-2)13-15(3)14-17(19)22/h13-14,18H,5-12H2,1-4H3. The van der Waals surface area contributed by atoms with Gasteiger partial charge in [-0.25, -0.2) is 9.37 Å². The molecule has 1 atom stereocenters. The molecule has 1 unspecified atom stereocenters. The zero-order valence-corrected chi connectivity index (χ0v) is 17.0. The van der Waals surface area contributed by atoms with Gasteiger partial charge in [0.05, 0.1) is 11.4 Å². The fraction of sp³-hybridized carbons (Fsp3) is 0.619. The van der Waals surface area contributed by atoms with E-state index in [2.05, 4.69) is 23.8 Å². The van der Waals surface area contributed by atoms with Crippen molar-refractivity contribution >= 4 is 10.9 Å². The van der Waals surface area contributed by atoms with Crippen molar-refractivity contribution in [3.8, 4) is 0 Å². The molecule has 1 aliphatic heterocycles. The van der Waals surface area contributed by atoms with Crippen molar-refractivity contribution in [1.29, 1.82) is 0 Å². The number of hydrogen-bond donors (Lipinski definition) is 0. The van der Waals surface area contributed by atoms with Crippen molar-refractivity contribution in [2.45, 2.75) is 52.6 Å². The normalized spacial score (nSPS) is 18.0. The Morgan fingerprint density at radius 2 is 1.96 bits per heavy atom. The Morgan fingerprint density at radius 3 is 2.67 bits per heavy atom. The molecule has 1 fully saturated rings. The summed E-state index contributed by atoms with van der Waals surface area (Å²) in [7, 11) is 2.15. The molecule has 3 rings (SSSR count). The number of nitrogens with zero attached hydrogens (tertiary/aromatic N) is 4. The van der Waals surface area contributed by atoms with Crippen LogP contribution >= 0.6 is 0 Å². The number of aryl methyl sites for hydroxylation is 1. The Hall–Kier alpha value is -1.79. The average Bonchev–Trinajstić information content (AvgIpc) is 2.85. The zero-order chi connectivity index (χ0) is 19.6. The molecular weight excluding hydrogens is 343 g/mol. The Morgan fingerprint density at radius 1 is 1.19 bits per heavy atom. The van der Waals surface area contributed by atoms with Crippen LogP contribution in [0.4, 0.5) is 4.39 Å². The van der Waals surface area contributed by atoms with E-state index in [4.69, 9.17) is 4.98 Å². The Labute approximate surface area is 160 Å². The van der Waals surface area contributed by atoms with E-state index in [1.807, 2.05) is 6.92 Å². The molecule has 1 aromatic carbocycles. The smallest absolute Gasteiger partial charge is 0.261 e. The van der Waals surface area contributed by atoms with E-state index in [1.54, 1.807) is 17.6 Å². The van der Waals surface area contributed by atoms with Crippen molar-refractivity contribution < 1.29 is 4.39 Å². The quantitative estimate of drug-likeness (QED) is 0.805. The molecule has 0 amide bonds. The second-order valence-corrected chi connectivity index (χ2v) is 7.66. The molecule has 0 spiro atoms. The summed E-state index contributed by atoms with van der Waals surface area (Å²) in [5, 5.41) is 0.379. The number of fused-ring (bicyclic) bond motifs is 1. The lowest BCUT2D eigenvalue weighted by Crippen LogP contribution is -2.37. The monoisotopic (exact) mass is 374 g/mol. The van der Waals surface area contributed by atoms with Gasteiger partial charge < -0.3 is 4.90 Å². The van der Waals surface area contributed by atoms with Crippen molar-refractivity contribution in [3.05, 3.63) is 39.7 Å². The fourth-order valence-electron chi connectivity index (χ4n) is 4.12. The number of aromatic nitrogens is 2. The van der Waals surface area contributed by atoms with Gasteiger partial charge in [0, 0.05) is 26.2 Å². The fourth-order valence-corrected chi connectivity index (χ4v) is 4.12. The van der Waals surface area contributed by atoms with Crippen LogP contribution in [0.25, 0.3) is 10.9 Å². The molecule has 2 aromatic rings. The SMILES string of the molecule is CCCC(c1nc2c(F)cc(C)cc2c(=O)n1CC)N1CCCN(C)CC1. The molecule has 5 nitrogen and oxygen atoms in total. The van der Waals surface area contributed by atoms with Gasteiger partial charge in [-0.05, 0) is 58.0 Å². The molecule has 0 bridgehead atoms. The summed E-state index contributed by atoms with van der Waals surface area (Å²) in [5.41, 5.74) is 0.821. The van der Waals surface area contributed by atoms with Gasteiger partial charge in [0.15, 0.2) is 0 Å². The minimum absolute atomic E-state index is 0.0410. The molecule has 0 N–H and O–H groups in total. The summed E-state index contributed by atoms with van der Waals surface area (Å²) in [4.78, 5) is 22.6. The van der Waals surface area contributed by atoms with Crippen LogP contribution in [0, 0.1) is 12.7 Å². The van der Waals surface area contributed by atoms with E-state index in [0.29, 0.717) is 17.8 Å². The highest BCUT2D eigenvalue weighted by molar-refractivity contribution is 5.79. The van der Waals surface area contributed by atoms with Gasteiger partial charge in [0.1, 0.15) is 17.2 Å². The molecule has 27 heavy (non-hydrogen) atoms. The van der Waals surface area contributed by atoms with Gasteiger partial charge in [-0.15, -0.1) is 0 Å². The summed E-state index contributed by atoms with van der Waals surface area (Å²) >= 11 is 0. The largest absolute Gasteiger partial charge is 0.305 e. The summed E-state index contributed by atoms with van der Waals surface area (Å²) in [5.74, 6) is 0.307. The molecule has 1 saturated heterocycles. The van der Waals surface area contributed by atoms with Crippen molar-refractivity contribution in [1.82, 2.24) is 19.4 Å². The predicted octanol–water partition coefficient (Wildman–Crippen LogP) is 3.34. The van der Waals surface area contributed by atoms with Crippen LogP contribution in [0.15, 0.2) is 16.9 Å². The number of rotatable bonds is 5. The molecule has 0 saturated carbocycles. The van der Waals surface area contributed by atoms with Gasteiger partial charge in [-0.3, -0.25) is 14.3 Å². The van der Waals surface area contributed by atoms with Crippen LogP contribution < -0.4 is 5.56 Å². The van der Waals surface area contributed by atoms with Gasteiger partial charge in [-0.2, -0.15) is 0 Å². The minimum Gasteiger partial charge on any atom is -0.305 e. The van der Waals surface area contributed by atoms with Gasteiger partial charge >= 0.3 is 0 Å². The first kappa shape index (κ1) is 20.0. The van der Waals surface area contributed by atoms with Crippen LogP contribution in [-0.4, -0.2) is 52.6 Å². The van der Waals surface area contributed by atoms with Crippen molar-refractivity contribution in [2.75, 3.05) is 33.2 Å². The Kier molecular flexibility index (Phi) is 6.27. The van der Waals surface area contributed by atoms with Crippen molar-refractivity contribution in [2.24, 2.45) is 0 Å². The molecule has 148 valence electrons. The highest BCUT2D eigenvalue weighted by Crippen LogP contribution is 2.27. The summed E-state index contributed by atoms with van der Waals surface area (Å²) < 4.78 is 16.4. The van der Waals surface area contributed by atoms with Crippen molar-refractivity contribution in [3.63, 3.8) is 0 Å². The number of benzene rings is 1. The number of hydrogen-bond acceptors (Lipinski definition) is 4. The van der Waals surface area contributed by atoms with Crippen LogP contribution in [-0.2, 0) is 6.54 Å². The number of halogens is 1. The van der Waals surface area contributed by atoms with E-state index in [0.717, 1.165) is 51.0 Å². The summed E-state index contributed by atoms with van der Waals surface area (Å²) in [6.45, 7) is 10.4. The topological polar surface area (TPSA) is 41.4 Å². The highest BCUT2D eigenvalue weighted by atomic mass is 19.1. The second-order valence-electron chi connectivity index (χ2n) is 7.66. The first-order chi connectivity index (χ1) is 13.0. The molecule has 6 heteroatoms. The lowest BCUT2D eigenvalue weighted by Gasteiger charge is -2.31. The molecule has 2 heterocycles. The van der Waals surface area contributed by atoms with Gasteiger partial charge in [0.25, 0.3) is 5.56 Å². The van der Waals surface area contributed by atoms with E-state index < -0.39 is 5.82 Å². The maximum Gasteiger partial charge on any atom is 0.261 e. The van der Waals surface area contributed by atoms with Crippen LogP contribution in [0.3, 0.4) is 0 Å². The van der Waals surface area contributed by atoms with Gasteiger partial charge in [0.2, 0.25) is 0 Å². The van der Waals surface area contributed by atoms with E-state index in [1.165, 1.54) is 6.07 Å². The lowest BCUT2D eigenvalue weighted by molar-refractivity contribution is 0.180. The third-order valence-corrected chi connectivity index (χ3v) is 5.56. The maximum atomic E-state index is 14.6. The Bertz CT molecular complexity index is 863. The maximum absolute atomic E-state index is 14.6. The summed E-state index contributed by atoms with van der Waals surface area (Å²) in [6, 6.07) is 3.25. The lowest BCUT2D eigenvalue weighted by atomic mass is 10.1. The second kappa shape index (κ2) is 8.48. The molecular formula is C21H31FN4O. The van der Waals surface area contributed by atoms with E-state index in [-0.39, 0.29) is 17.1 Å². The zero-order valence-electron chi connectivity index (χ0n) is 17.0. The molecule has 1 aromatic heterocycles. The third-order valence-electron chi connectivity index (χ3n) is 5.56. The van der Waals surface area contributed by atoms with Crippen LogP contribution in [0.5, 0.6) is 0 Å². The minimum atomic E-state index is -0.405. The molecule has 0 aliphatic carbocycles. The summed E-state index contributed by atoms with van der Waals surface area (Å²) in [6.07, 6.45) is 2.99. The Balaban J connectivity index is 2.15. The number of likely N-dealkylation sites (N-methyl/N-ethyl adjacent to an activating group) is 1. The van der Waals surface area contributed by atoms with E-state index >= 15 is 0 Å². The molecule has 1 aliphatic rings. The predicted molar refractivity (Wildman–Crippen MR) is 108 cm³/mol. The van der Waals surface area contributed by atoms with Crippen LogP contribution in [0.2, 0.25) is 0 Å². The molecule has 0 radical (unpaired) electrons. The third kappa shape index (κ3) is 4.06. The average molecular weight is 375 g/mol. The first-order valence-electron chi connectivity index (χ1n) is 10.1.